The summed E-state index contributed by atoms with van der Waals surface area (Å²) in [6.07, 6.45) is 11.6. The van der Waals surface area contributed by atoms with Crippen LogP contribution in [0, 0.1) is 17.2 Å². The lowest BCUT2D eigenvalue weighted by Crippen LogP contribution is -2.45. The number of carbonyl (C=O) groups excluding carboxylic acids is 1. The number of aliphatic hydroxyl groups is 1. The molecule has 1 amide bonds. The van der Waals surface area contributed by atoms with Crippen LogP contribution in [-0.4, -0.2) is 48.8 Å². The molecule has 2 fully saturated rings. The molecule has 3 heterocycles. The summed E-state index contributed by atoms with van der Waals surface area (Å²) >= 11 is 0. The van der Waals surface area contributed by atoms with Crippen LogP contribution in [0.1, 0.15) is 66.9 Å². The Hall–Kier alpha value is -4.55. The van der Waals surface area contributed by atoms with E-state index in [-0.39, 0.29) is 11.9 Å². The molecule has 1 aliphatic heterocycles. The van der Waals surface area contributed by atoms with Gasteiger partial charge in [0.2, 0.25) is 5.95 Å². The van der Waals surface area contributed by atoms with Gasteiger partial charge in [-0.1, -0.05) is 49.2 Å². The number of hydrogen-bond acceptors (Lipinski definition) is 7. The number of nitrogens with zero attached hydrogens (tertiary/aromatic N) is 6. The van der Waals surface area contributed by atoms with Crippen molar-refractivity contribution < 1.29 is 9.90 Å². The van der Waals surface area contributed by atoms with Gasteiger partial charge in [0.1, 0.15) is 0 Å². The van der Waals surface area contributed by atoms with Crippen LogP contribution >= 0.6 is 0 Å². The predicted molar refractivity (Wildman–Crippen MR) is 160 cm³/mol. The standard InChI is InChI=1S/C33H35N7O2/c34-17-13-30(24-7-4-5-8-24)40-23-26(22-36-40)29-14-18-35-32(38-29)37-28-12-6-9-25(21-28)31(41)39-19-15-33(42,16-20-39)27-10-2-1-3-11-27/h1-3,6,9-12,14,18,21-24,30,42H,4-5,7-8,13,15-16,19-20H2,(H,35,37,38). The summed E-state index contributed by atoms with van der Waals surface area (Å²) < 4.78 is 1.93. The number of hydrogen-bond donors (Lipinski definition) is 2. The molecule has 2 aliphatic rings. The molecule has 9 nitrogen and oxygen atoms in total. The second kappa shape index (κ2) is 12.1. The van der Waals surface area contributed by atoms with Crippen molar-refractivity contribution in [3.05, 3.63) is 90.4 Å². The van der Waals surface area contributed by atoms with E-state index in [0.29, 0.717) is 55.5 Å². The molecule has 1 saturated heterocycles. The van der Waals surface area contributed by atoms with Crippen LogP contribution in [-0.2, 0) is 5.60 Å². The SMILES string of the molecule is N#CCC(C1CCCC1)n1cc(-c2ccnc(Nc3cccc(C(=O)N4CCC(O)(c5ccccc5)CC4)c3)n2)cn1. The summed E-state index contributed by atoms with van der Waals surface area (Å²) in [4.78, 5) is 24.2. The molecule has 0 bridgehead atoms. The van der Waals surface area contributed by atoms with Gasteiger partial charge >= 0.3 is 0 Å². The van der Waals surface area contributed by atoms with Crippen LogP contribution in [0.15, 0.2) is 79.3 Å². The summed E-state index contributed by atoms with van der Waals surface area (Å²) in [5.74, 6) is 0.833. The topological polar surface area (TPSA) is 120 Å². The highest BCUT2D eigenvalue weighted by Crippen LogP contribution is 2.36. The van der Waals surface area contributed by atoms with Crippen molar-refractivity contribution in [2.75, 3.05) is 18.4 Å². The number of carbonyl (C=O) groups is 1. The van der Waals surface area contributed by atoms with Crippen LogP contribution in [0.5, 0.6) is 0 Å². The summed E-state index contributed by atoms with van der Waals surface area (Å²) in [5.41, 5.74) is 2.86. The van der Waals surface area contributed by atoms with Crippen LogP contribution in [0.4, 0.5) is 11.6 Å². The highest BCUT2D eigenvalue weighted by Gasteiger charge is 2.35. The third-order valence-electron chi connectivity index (χ3n) is 8.69. The minimum Gasteiger partial charge on any atom is -0.385 e. The molecule has 1 saturated carbocycles. The maximum atomic E-state index is 13.3. The Balaban J connectivity index is 1.12. The minimum absolute atomic E-state index is 0.0648. The number of rotatable bonds is 8. The molecular weight excluding hydrogens is 526 g/mol. The molecule has 0 radical (unpaired) electrons. The number of nitriles is 1. The van der Waals surface area contributed by atoms with Crippen molar-refractivity contribution in [3.63, 3.8) is 0 Å². The second-order valence-corrected chi connectivity index (χ2v) is 11.3. The van der Waals surface area contributed by atoms with Crippen molar-refractivity contribution in [1.82, 2.24) is 24.6 Å². The van der Waals surface area contributed by atoms with Crippen LogP contribution in [0.3, 0.4) is 0 Å². The largest absolute Gasteiger partial charge is 0.385 e. The van der Waals surface area contributed by atoms with Crippen molar-refractivity contribution in [3.8, 4) is 17.3 Å². The third-order valence-corrected chi connectivity index (χ3v) is 8.69. The molecule has 1 unspecified atom stereocenters. The van der Waals surface area contributed by atoms with Gasteiger partial charge in [-0.3, -0.25) is 9.48 Å². The van der Waals surface area contributed by atoms with E-state index in [1.165, 1.54) is 12.8 Å². The minimum atomic E-state index is -0.909. The van der Waals surface area contributed by atoms with E-state index in [9.17, 15) is 15.2 Å². The summed E-state index contributed by atoms with van der Waals surface area (Å²) in [5, 5.41) is 28.4. The third kappa shape index (κ3) is 5.90. The maximum absolute atomic E-state index is 13.3. The molecule has 2 N–H and O–H groups in total. The van der Waals surface area contributed by atoms with Gasteiger partial charge in [0.05, 0.1) is 36.0 Å². The highest BCUT2D eigenvalue weighted by atomic mass is 16.3. The zero-order valence-corrected chi connectivity index (χ0v) is 23.6. The zero-order chi connectivity index (χ0) is 28.9. The molecular formula is C33H35N7O2. The first-order chi connectivity index (χ1) is 20.5. The molecule has 214 valence electrons. The lowest BCUT2D eigenvalue weighted by Gasteiger charge is -2.38. The van der Waals surface area contributed by atoms with Gasteiger partial charge in [-0.05, 0) is 61.4 Å². The average Bonchev–Trinajstić information content (AvgIpc) is 3.74. The highest BCUT2D eigenvalue weighted by molar-refractivity contribution is 5.95. The Morgan fingerprint density at radius 2 is 1.88 bits per heavy atom. The Kier molecular flexibility index (Phi) is 7.97. The van der Waals surface area contributed by atoms with E-state index >= 15 is 0 Å². The van der Waals surface area contributed by atoms with Crippen molar-refractivity contribution >= 4 is 17.5 Å². The Labute approximate surface area is 245 Å². The van der Waals surface area contributed by atoms with E-state index < -0.39 is 5.60 Å². The molecule has 2 aromatic carbocycles. The number of nitrogens with one attached hydrogen (secondary N) is 1. The van der Waals surface area contributed by atoms with Crippen molar-refractivity contribution in [2.24, 2.45) is 5.92 Å². The monoisotopic (exact) mass is 561 g/mol. The quantitative estimate of drug-likeness (QED) is 0.277. The van der Waals surface area contributed by atoms with Crippen molar-refractivity contribution in [2.45, 2.75) is 56.6 Å². The van der Waals surface area contributed by atoms with E-state index in [4.69, 9.17) is 4.98 Å². The lowest BCUT2D eigenvalue weighted by molar-refractivity contribution is -0.0211. The molecule has 4 aromatic rings. The molecule has 2 aromatic heterocycles. The van der Waals surface area contributed by atoms with Gasteiger partial charge in [-0.25, -0.2) is 9.97 Å². The number of piperidine rings is 1. The van der Waals surface area contributed by atoms with Gasteiger partial charge in [0.15, 0.2) is 0 Å². The number of aromatic nitrogens is 4. The van der Waals surface area contributed by atoms with Gasteiger partial charge in [-0.2, -0.15) is 10.4 Å². The van der Waals surface area contributed by atoms with Gasteiger partial charge < -0.3 is 15.3 Å². The zero-order valence-electron chi connectivity index (χ0n) is 23.6. The fourth-order valence-electron chi connectivity index (χ4n) is 6.30. The second-order valence-electron chi connectivity index (χ2n) is 11.3. The number of amides is 1. The first kappa shape index (κ1) is 27.6. The first-order valence-electron chi connectivity index (χ1n) is 14.7. The number of anilines is 2. The van der Waals surface area contributed by atoms with E-state index in [1.807, 2.05) is 65.5 Å². The normalized spacial score (nSPS) is 17.5. The number of benzene rings is 2. The molecule has 9 heteroatoms. The van der Waals surface area contributed by atoms with Crippen LogP contribution in [0.2, 0.25) is 0 Å². The summed E-state index contributed by atoms with van der Waals surface area (Å²) in [7, 11) is 0. The smallest absolute Gasteiger partial charge is 0.253 e. The maximum Gasteiger partial charge on any atom is 0.253 e. The van der Waals surface area contributed by atoms with Gasteiger partial charge in [0, 0.05) is 42.3 Å². The Morgan fingerprint density at radius 1 is 1.10 bits per heavy atom. The Bertz CT molecular complexity index is 1560. The summed E-state index contributed by atoms with van der Waals surface area (Å²) in [6, 6.07) is 21.3. The molecule has 1 atom stereocenters. The fourth-order valence-corrected chi connectivity index (χ4v) is 6.30. The average molecular weight is 562 g/mol. The van der Waals surface area contributed by atoms with Crippen LogP contribution < -0.4 is 5.32 Å². The van der Waals surface area contributed by atoms with E-state index in [1.54, 1.807) is 23.4 Å². The molecule has 42 heavy (non-hydrogen) atoms. The van der Waals surface area contributed by atoms with Crippen molar-refractivity contribution in [1.29, 1.82) is 5.26 Å². The van der Waals surface area contributed by atoms with Crippen LogP contribution in [0.25, 0.3) is 11.3 Å². The van der Waals surface area contributed by atoms with E-state index in [0.717, 1.165) is 29.7 Å². The molecule has 0 spiro atoms. The van der Waals surface area contributed by atoms with E-state index in [2.05, 4.69) is 21.5 Å². The molecule has 6 rings (SSSR count). The fraction of sp³-hybridized carbons (Fsp3) is 0.364. The number of likely N-dealkylation sites (tertiary alicyclic amines) is 1. The predicted octanol–water partition coefficient (Wildman–Crippen LogP) is 5.85. The Morgan fingerprint density at radius 3 is 2.64 bits per heavy atom. The van der Waals surface area contributed by atoms with Gasteiger partial charge in [0.25, 0.3) is 5.91 Å². The molecule has 1 aliphatic carbocycles. The lowest BCUT2D eigenvalue weighted by atomic mass is 9.84. The first-order valence-corrected chi connectivity index (χ1v) is 14.7. The van der Waals surface area contributed by atoms with Gasteiger partial charge in [-0.15, -0.1) is 0 Å². The summed E-state index contributed by atoms with van der Waals surface area (Å²) in [6.45, 7) is 0.966.